The number of benzene rings is 3. The number of methoxy groups -OCH3 is 3. The Morgan fingerprint density at radius 3 is 2.28 bits per heavy atom. The van der Waals surface area contributed by atoms with Gasteiger partial charge in [-0.05, 0) is 30.2 Å². The molecule has 8 nitrogen and oxygen atoms in total. The molecule has 1 saturated heterocycles. The molecule has 0 saturated carbocycles. The SMILES string of the molecule is COc1cc(N2CC(C(=O)Nc3ccc(C)cc3OCc3ccccc3)CC2=O)cc(OC)c1OC. The highest BCUT2D eigenvalue weighted by atomic mass is 16.5. The summed E-state index contributed by atoms with van der Waals surface area (Å²) < 4.78 is 22.2. The van der Waals surface area contributed by atoms with Crippen LogP contribution in [0.5, 0.6) is 23.0 Å². The molecular weight excluding hydrogens is 460 g/mol. The molecule has 1 atom stereocenters. The van der Waals surface area contributed by atoms with Gasteiger partial charge in [0.1, 0.15) is 12.4 Å². The van der Waals surface area contributed by atoms with Crippen LogP contribution in [0.1, 0.15) is 17.5 Å². The molecule has 4 rings (SSSR count). The lowest BCUT2D eigenvalue weighted by Gasteiger charge is -2.20. The number of nitrogens with one attached hydrogen (secondary N) is 1. The van der Waals surface area contributed by atoms with Crippen molar-refractivity contribution in [1.29, 1.82) is 0 Å². The van der Waals surface area contributed by atoms with Crippen LogP contribution in [0.2, 0.25) is 0 Å². The molecule has 1 heterocycles. The van der Waals surface area contributed by atoms with Crippen molar-refractivity contribution in [2.45, 2.75) is 20.0 Å². The van der Waals surface area contributed by atoms with Crippen molar-refractivity contribution in [2.24, 2.45) is 5.92 Å². The van der Waals surface area contributed by atoms with Crippen LogP contribution in [0.3, 0.4) is 0 Å². The summed E-state index contributed by atoms with van der Waals surface area (Å²) in [6.07, 6.45) is 0.0918. The van der Waals surface area contributed by atoms with Gasteiger partial charge in [0.05, 0.1) is 38.6 Å². The Hall–Kier alpha value is -4.20. The minimum absolute atomic E-state index is 0.0918. The van der Waals surface area contributed by atoms with E-state index in [4.69, 9.17) is 18.9 Å². The molecular formula is C28H30N2O6. The summed E-state index contributed by atoms with van der Waals surface area (Å²) in [6, 6.07) is 18.8. The fraction of sp³-hybridized carbons (Fsp3) is 0.286. The molecule has 0 bridgehead atoms. The summed E-state index contributed by atoms with van der Waals surface area (Å²) in [5.74, 6) is 0.963. The van der Waals surface area contributed by atoms with Gasteiger partial charge in [0.25, 0.3) is 0 Å². The molecule has 8 heteroatoms. The van der Waals surface area contributed by atoms with E-state index in [0.717, 1.165) is 11.1 Å². The molecule has 1 unspecified atom stereocenters. The van der Waals surface area contributed by atoms with Crippen LogP contribution >= 0.6 is 0 Å². The minimum Gasteiger partial charge on any atom is -0.493 e. The Morgan fingerprint density at radius 1 is 0.944 bits per heavy atom. The molecule has 1 N–H and O–H groups in total. The third-order valence-corrected chi connectivity index (χ3v) is 6.09. The standard InChI is InChI=1S/C28H30N2O6/c1-18-10-11-22(23(12-18)36-17-19-8-6-5-7-9-19)29-28(32)20-13-26(31)30(16-20)21-14-24(33-2)27(35-4)25(15-21)34-3/h5-12,14-15,20H,13,16-17H2,1-4H3,(H,29,32). The maximum atomic E-state index is 13.2. The summed E-state index contributed by atoms with van der Waals surface area (Å²) in [7, 11) is 4.55. The molecule has 0 radical (unpaired) electrons. The van der Waals surface area contributed by atoms with Gasteiger partial charge in [-0.3, -0.25) is 9.59 Å². The van der Waals surface area contributed by atoms with Crippen molar-refractivity contribution in [3.8, 4) is 23.0 Å². The second kappa shape index (κ2) is 11.0. The Labute approximate surface area is 210 Å². The fourth-order valence-electron chi connectivity index (χ4n) is 4.18. The van der Waals surface area contributed by atoms with Crippen molar-refractivity contribution < 1.29 is 28.5 Å². The van der Waals surface area contributed by atoms with E-state index in [1.165, 1.54) is 21.3 Å². The second-order valence-corrected chi connectivity index (χ2v) is 8.55. The van der Waals surface area contributed by atoms with Gasteiger partial charge in [-0.2, -0.15) is 0 Å². The summed E-state index contributed by atoms with van der Waals surface area (Å²) in [5.41, 5.74) is 3.19. The highest BCUT2D eigenvalue weighted by Gasteiger charge is 2.36. The smallest absolute Gasteiger partial charge is 0.229 e. The van der Waals surface area contributed by atoms with Crippen LogP contribution < -0.4 is 29.2 Å². The number of anilines is 2. The van der Waals surface area contributed by atoms with Gasteiger partial charge in [-0.1, -0.05) is 36.4 Å². The largest absolute Gasteiger partial charge is 0.493 e. The predicted octanol–water partition coefficient (Wildman–Crippen LogP) is 4.59. The van der Waals surface area contributed by atoms with Gasteiger partial charge in [0, 0.05) is 25.1 Å². The van der Waals surface area contributed by atoms with Gasteiger partial charge < -0.3 is 29.2 Å². The summed E-state index contributed by atoms with van der Waals surface area (Å²) in [6.45, 7) is 2.57. The zero-order valence-corrected chi connectivity index (χ0v) is 20.9. The lowest BCUT2D eigenvalue weighted by molar-refractivity contribution is -0.122. The number of carbonyl (C=O) groups excluding carboxylic acids is 2. The van der Waals surface area contributed by atoms with Crippen molar-refractivity contribution in [2.75, 3.05) is 38.1 Å². The van der Waals surface area contributed by atoms with E-state index in [0.29, 0.717) is 41.0 Å². The van der Waals surface area contributed by atoms with Gasteiger partial charge in [0.2, 0.25) is 17.6 Å². The van der Waals surface area contributed by atoms with Crippen molar-refractivity contribution in [3.05, 3.63) is 71.8 Å². The summed E-state index contributed by atoms with van der Waals surface area (Å²) in [5, 5.41) is 2.96. The molecule has 1 fully saturated rings. The summed E-state index contributed by atoms with van der Waals surface area (Å²) >= 11 is 0. The van der Waals surface area contributed by atoms with E-state index >= 15 is 0 Å². The van der Waals surface area contributed by atoms with Crippen LogP contribution in [-0.2, 0) is 16.2 Å². The molecule has 3 aromatic carbocycles. The number of ether oxygens (including phenoxy) is 4. The molecule has 0 aromatic heterocycles. The molecule has 2 amide bonds. The van der Waals surface area contributed by atoms with Crippen molar-refractivity contribution in [3.63, 3.8) is 0 Å². The lowest BCUT2D eigenvalue weighted by atomic mass is 10.1. The Balaban J connectivity index is 1.49. The topological polar surface area (TPSA) is 86.3 Å². The van der Waals surface area contributed by atoms with Gasteiger partial charge >= 0.3 is 0 Å². The third kappa shape index (κ3) is 5.38. The van der Waals surface area contributed by atoms with Crippen LogP contribution in [-0.4, -0.2) is 39.7 Å². The molecule has 1 aliphatic heterocycles. The van der Waals surface area contributed by atoms with Crippen LogP contribution in [0, 0.1) is 12.8 Å². The number of amides is 2. The molecule has 1 aliphatic rings. The van der Waals surface area contributed by atoms with Crippen LogP contribution in [0.25, 0.3) is 0 Å². The molecule has 0 aliphatic carbocycles. The van der Waals surface area contributed by atoms with E-state index in [-0.39, 0.29) is 24.8 Å². The van der Waals surface area contributed by atoms with E-state index in [1.54, 1.807) is 17.0 Å². The number of nitrogens with zero attached hydrogens (tertiary/aromatic N) is 1. The van der Waals surface area contributed by atoms with E-state index in [9.17, 15) is 9.59 Å². The number of rotatable bonds is 9. The highest BCUT2D eigenvalue weighted by molar-refractivity contribution is 6.04. The monoisotopic (exact) mass is 490 g/mol. The van der Waals surface area contributed by atoms with E-state index in [2.05, 4.69) is 5.32 Å². The first-order chi connectivity index (χ1) is 17.4. The summed E-state index contributed by atoms with van der Waals surface area (Å²) in [4.78, 5) is 27.6. The second-order valence-electron chi connectivity index (χ2n) is 8.55. The van der Waals surface area contributed by atoms with Crippen molar-refractivity contribution in [1.82, 2.24) is 0 Å². The quantitative estimate of drug-likeness (QED) is 0.472. The highest BCUT2D eigenvalue weighted by Crippen LogP contribution is 2.42. The Morgan fingerprint density at radius 2 is 1.64 bits per heavy atom. The maximum Gasteiger partial charge on any atom is 0.229 e. The first-order valence-corrected chi connectivity index (χ1v) is 11.6. The minimum atomic E-state index is -0.528. The van der Waals surface area contributed by atoms with Crippen molar-refractivity contribution >= 4 is 23.2 Å². The average Bonchev–Trinajstić information content (AvgIpc) is 3.30. The molecule has 0 spiro atoms. The Kier molecular flexibility index (Phi) is 7.63. The van der Waals surface area contributed by atoms with Crippen LogP contribution in [0.4, 0.5) is 11.4 Å². The number of hydrogen-bond donors (Lipinski definition) is 1. The molecule has 3 aromatic rings. The van der Waals surface area contributed by atoms with Gasteiger partial charge in [0.15, 0.2) is 11.5 Å². The maximum absolute atomic E-state index is 13.2. The van der Waals surface area contributed by atoms with E-state index in [1.807, 2.05) is 55.5 Å². The number of aryl methyl sites for hydroxylation is 1. The third-order valence-electron chi connectivity index (χ3n) is 6.09. The predicted molar refractivity (Wildman–Crippen MR) is 137 cm³/mol. The van der Waals surface area contributed by atoms with Gasteiger partial charge in [-0.15, -0.1) is 0 Å². The average molecular weight is 491 g/mol. The zero-order chi connectivity index (χ0) is 25.7. The number of carbonyl (C=O) groups is 2. The Bertz CT molecular complexity index is 1220. The van der Waals surface area contributed by atoms with E-state index < -0.39 is 5.92 Å². The first-order valence-electron chi connectivity index (χ1n) is 11.6. The van der Waals surface area contributed by atoms with Crippen LogP contribution in [0.15, 0.2) is 60.7 Å². The molecule has 36 heavy (non-hydrogen) atoms. The molecule has 188 valence electrons. The lowest BCUT2D eigenvalue weighted by Crippen LogP contribution is -2.28. The number of hydrogen-bond acceptors (Lipinski definition) is 6. The normalized spacial score (nSPS) is 14.9. The fourth-order valence-corrected chi connectivity index (χ4v) is 4.18. The first kappa shape index (κ1) is 24.9. The van der Waals surface area contributed by atoms with Gasteiger partial charge in [-0.25, -0.2) is 0 Å². The zero-order valence-electron chi connectivity index (χ0n) is 20.9.